The number of aryl methyl sites for hydroxylation is 2. The molecule has 1 amide bonds. The van der Waals surface area contributed by atoms with Crippen LogP contribution >= 0.6 is 0 Å². The molecule has 3 aromatic rings. The first-order valence-corrected chi connectivity index (χ1v) is 7.92. The number of hydrogen-bond acceptors (Lipinski definition) is 6. The zero-order valence-electron chi connectivity index (χ0n) is 14.6. The van der Waals surface area contributed by atoms with Crippen LogP contribution in [-0.4, -0.2) is 30.4 Å². The summed E-state index contributed by atoms with van der Waals surface area (Å²) in [6, 6.07) is 1.62. The molecule has 0 atom stereocenters. The minimum atomic E-state index is -0.275. The fourth-order valence-corrected chi connectivity index (χ4v) is 2.45. The number of carbonyl (C=O) groups is 1. The van der Waals surface area contributed by atoms with Crippen LogP contribution in [0.4, 0.5) is 5.82 Å². The molecule has 132 valence electrons. The zero-order valence-corrected chi connectivity index (χ0v) is 14.6. The van der Waals surface area contributed by atoms with Crippen molar-refractivity contribution in [3.63, 3.8) is 0 Å². The van der Waals surface area contributed by atoms with Gasteiger partial charge in [-0.05, 0) is 27.7 Å². The maximum Gasteiger partial charge on any atom is 0.264 e. The third kappa shape index (κ3) is 3.44. The van der Waals surface area contributed by atoms with Crippen molar-refractivity contribution in [2.75, 3.05) is 5.32 Å². The summed E-state index contributed by atoms with van der Waals surface area (Å²) in [5.74, 6) is 0.706. The smallest absolute Gasteiger partial charge is 0.264 e. The van der Waals surface area contributed by atoms with Gasteiger partial charge in [0.15, 0.2) is 11.5 Å². The van der Waals surface area contributed by atoms with Crippen LogP contribution in [0, 0.1) is 6.92 Å². The van der Waals surface area contributed by atoms with E-state index < -0.39 is 0 Å². The quantitative estimate of drug-likeness (QED) is 0.771. The lowest BCUT2D eigenvalue weighted by Gasteiger charge is -2.19. The van der Waals surface area contributed by atoms with Crippen molar-refractivity contribution in [1.82, 2.24) is 24.5 Å². The van der Waals surface area contributed by atoms with Crippen molar-refractivity contribution in [1.29, 1.82) is 0 Å². The lowest BCUT2D eigenvalue weighted by atomic mass is 10.1. The van der Waals surface area contributed by atoms with Crippen LogP contribution in [0.3, 0.4) is 0 Å². The van der Waals surface area contributed by atoms with Gasteiger partial charge in [0.1, 0.15) is 11.1 Å². The fourth-order valence-electron chi connectivity index (χ4n) is 2.45. The van der Waals surface area contributed by atoms with Gasteiger partial charge in [-0.1, -0.05) is 5.16 Å². The molecule has 0 saturated carbocycles. The molecule has 0 bridgehead atoms. The molecule has 1 N–H and O–H groups in total. The van der Waals surface area contributed by atoms with E-state index in [0.29, 0.717) is 22.6 Å². The summed E-state index contributed by atoms with van der Waals surface area (Å²) in [5, 5.41) is 11.0. The molecule has 3 rings (SSSR count). The van der Waals surface area contributed by atoms with Crippen molar-refractivity contribution in [3.05, 3.63) is 34.7 Å². The largest absolute Gasteiger partial charge is 0.360 e. The van der Waals surface area contributed by atoms with E-state index in [9.17, 15) is 9.59 Å². The number of anilines is 1. The number of fused-ring (bicyclic) bond motifs is 1. The highest BCUT2D eigenvalue weighted by Gasteiger charge is 2.19. The second-order valence-corrected chi connectivity index (χ2v) is 6.83. The highest BCUT2D eigenvalue weighted by molar-refractivity contribution is 5.89. The zero-order chi connectivity index (χ0) is 18.2. The first-order chi connectivity index (χ1) is 11.8. The summed E-state index contributed by atoms with van der Waals surface area (Å²) in [6.45, 7) is 7.92. The Morgan fingerprint density at radius 1 is 1.36 bits per heavy atom. The highest BCUT2D eigenvalue weighted by atomic mass is 16.5. The van der Waals surface area contributed by atoms with Gasteiger partial charge in [-0.25, -0.2) is 9.67 Å². The summed E-state index contributed by atoms with van der Waals surface area (Å²) < 4.78 is 8.01. The second kappa shape index (κ2) is 6.15. The molecule has 9 nitrogen and oxygen atoms in total. The standard InChI is InChI=1S/C16H20N6O3/c1-10-7-12(20-25-10)19-13(23)5-6-21-9-17-14-11(15(21)24)8-18-22(14)16(2,3)4/h7-9H,5-6H2,1-4H3,(H,19,20,23). The Balaban J connectivity index is 1.75. The molecule has 0 spiro atoms. The number of amides is 1. The SMILES string of the molecule is Cc1cc(NC(=O)CCn2cnc3c(cnn3C(C)(C)C)c2=O)no1. The molecule has 0 aliphatic rings. The molecule has 0 aliphatic carbocycles. The molecule has 0 saturated heterocycles. The van der Waals surface area contributed by atoms with Gasteiger partial charge < -0.3 is 9.84 Å². The van der Waals surface area contributed by atoms with Crippen molar-refractivity contribution in [2.45, 2.75) is 46.2 Å². The first-order valence-electron chi connectivity index (χ1n) is 7.92. The Labute approximate surface area is 143 Å². The van der Waals surface area contributed by atoms with Gasteiger partial charge in [0, 0.05) is 19.0 Å². The molecule has 0 aliphatic heterocycles. The molecule has 25 heavy (non-hydrogen) atoms. The van der Waals surface area contributed by atoms with Crippen LogP contribution in [-0.2, 0) is 16.9 Å². The average molecular weight is 344 g/mol. The maximum atomic E-state index is 12.6. The van der Waals surface area contributed by atoms with Crippen LogP contribution in [0.1, 0.15) is 33.0 Å². The fraction of sp³-hybridized carbons (Fsp3) is 0.438. The van der Waals surface area contributed by atoms with E-state index in [2.05, 4.69) is 20.6 Å². The highest BCUT2D eigenvalue weighted by Crippen LogP contribution is 2.17. The van der Waals surface area contributed by atoms with E-state index in [4.69, 9.17) is 4.52 Å². The van der Waals surface area contributed by atoms with Crippen LogP contribution < -0.4 is 10.9 Å². The molecule has 9 heteroatoms. The minimum absolute atomic E-state index is 0.117. The van der Waals surface area contributed by atoms with E-state index in [1.165, 1.54) is 17.1 Å². The average Bonchev–Trinajstić information content (AvgIpc) is 3.13. The van der Waals surface area contributed by atoms with Crippen LogP contribution in [0.15, 0.2) is 27.9 Å². The van der Waals surface area contributed by atoms with Crippen LogP contribution in [0.25, 0.3) is 11.0 Å². The molecule has 0 fully saturated rings. The third-order valence-corrected chi connectivity index (χ3v) is 3.67. The Hall–Kier alpha value is -2.97. The Kier molecular flexibility index (Phi) is 4.15. The first kappa shape index (κ1) is 16.9. The minimum Gasteiger partial charge on any atom is -0.360 e. The normalized spacial score (nSPS) is 11.8. The summed E-state index contributed by atoms with van der Waals surface area (Å²) in [4.78, 5) is 28.9. The predicted molar refractivity (Wildman–Crippen MR) is 91.3 cm³/mol. The van der Waals surface area contributed by atoms with Gasteiger partial charge in [-0.3, -0.25) is 14.2 Å². The number of nitrogens with one attached hydrogen (secondary N) is 1. The van der Waals surface area contributed by atoms with Crippen molar-refractivity contribution in [2.24, 2.45) is 0 Å². The second-order valence-electron chi connectivity index (χ2n) is 6.83. The van der Waals surface area contributed by atoms with E-state index in [1.54, 1.807) is 17.7 Å². The lowest BCUT2D eigenvalue weighted by Crippen LogP contribution is -2.26. The number of hydrogen-bond donors (Lipinski definition) is 1. The molecule has 0 unspecified atom stereocenters. The van der Waals surface area contributed by atoms with Gasteiger partial charge >= 0.3 is 0 Å². The topological polar surface area (TPSA) is 108 Å². The van der Waals surface area contributed by atoms with E-state index in [1.807, 2.05) is 20.8 Å². The molecular formula is C16H20N6O3. The number of aromatic nitrogens is 5. The monoisotopic (exact) mass is 344 g/mol. The van der Waals surface area contributed by atoms with Crippen LogP contribution in [0.2, 0.25) is 0 Å². The summed E-state index contributed by atoms with van der Waals surface area (Å²) in [6.07, 6.45) is 3.08. The van der Waals surface area contributed by atoms with Crippen molar-refractivity contribution < 1.29 is 9.32 Å². The Morgan fingerprint density at radius 3 is 2.76 bits per heavy atom. The number of nitrogens with zero attached hydrogens (tertiary/aromatic N) is 5. The van der Waals surface area contributed by atoms with Crippen LogP contribution in [0.5, 0.6) is 0 Å². The number of carbonyl (C=O) groups excluding carboxylic acids is 1. The summed E-state index contributed by atoms with van der Waals surface area (Å²) in [7, 11) is 0. The molecule has 0 radical (unpaired) electrons. The lowest BCUT2D eigenvalue weighted by molar-refractivity contribution is -0.116. The molecule has 3 aromatic heterocycles. The van der Waals surface area contributed by atoms with Gasteiger partial charge in [0.25, 0.3) is 5.56 Å². The number of rotatable bonds is 4. The van der Waals surface area contributed by atoms with Crippen molar-refractivity contribution in [3.8, 4) is 0 Å². The van der Waals surface area contributed by atoms with E-state index in [-0.39, 0.29) is 30.0 Å². The molecular weight excluding hydrogens is 324 g/mol. The molecule has 3 heterocycles. The Bertz CT molecular complexity index is 976. The van der Waals surface area contributed by atoms with Crippen molar-refractivity contribution >= 4 is 22.8 Å². The molecule has 0 aromatic carbocycles. The Morgan fingerprint density at radius 2 is 2.12 bits per heavy atom. The summed E-state index contributed by atoms with van der Waals surface area (Å²) >= 11 is 0. The summed E-state index contributed by atoms with van der Waals surface area (Å²) in [5.41, 5.74) is 0.0463. The van der Waals surface area contributed by atoms with Gasteiger partial charge in [0.2, 0.25) is 5.91 Å². The van der Waals surface area contributed by atoms with E-state index in [0.717, 1.165) is 0 Å². The van der Waals surface area contributed by atoms with Gasteiger partial charge in [-0.2, -0.15) is 5.10 Å². The maximum absolute atomic E-state index is 12.6. The third-order valence-electron chi connectivity index (χ3n) is 3.67. The predicted octanol–water partition coefficient (Wildman–Crippen LogP) is 1.67. The van der Waals surface area contributed by atoms with Gasteiger partial charge in [-0.15, -0.1) is 0 Å². The van der Waals surface area contributed by atoms with Gasteiger partial charge in [0.05, 0.1) is 18.1 Å². The van der Waals surface area contributed by atoms with E-state index >= 15 is 0 Å².